The van der Waals surface area contributed by atoms with Gasteiger partial charge in [-0.25, -0.2) is 4.98 Å². The number of piperazine rings is 1. The number of benzene rings is 2. The minimum absolute atomic E-state index is 0.711. The summed E-state index contributed by atoms with van der Waals surface area (Å²) in [6.45, 7) is 7.34. The van der Waals surface area contributed by atoms with Crippen molar-refractivity contribution in [2.45, 2.75) is 13.0 Å². The first kappa shape index (κ1) is 17.0. The molecule has 1 N–H and O–H groups in total. The van der Waals surface area contributed by atoms with Crippen molar-refractivity contribution in [2.75, 3.05) is 37.6 Å². The van der Waals surface area contributed by atoms with Crippen molar-refractivity contribution < 1.29 is 5.11 Å². The number of aliphatic hydroxyl groups excluding tert-OH is 1. The number of aromatic nitrogens is 1. The Morgan fingerprint density at radius 2 is 1.65 bits per heavy atom. The molecule has 3 aromatic rings. The molecule has 1 unspecified atom stereocenters. The number of anilines is 1. The zero-order valence-electron chi connectivity index (χ0n) is 15.2. The highest BCUT2D eigenvalue weighted by molar-refractivity contribution is 5.92. The van der Waals surface area contributed by atoms with E-state index in [0.29, 0.717) is 5.69 Å². The van der Waals surface area contributed by atoms with Crippen LogP contribution in [0.4, 0.5) is 5.82 Å². The minimum atomic E-state index is -0.712. The van der Waals surface area contributed by atoms with E-state index in [1.807, 2.05) is 42.5 Å². The molecule has 0 saturated carbocycles. The lowest BCUT2D eigenvalue weighted by molar-refractivity contribution is 0.215. The third-order valence-corrected chi connectivity index (χ3v) is 5.25. The Morgan fingerprint density at radius 3 is 2.38 bits per heavy atom. The number of rotatable bonds is 4. The van der Waals surface area contributed by atoms with Crippen LogP contribution in [0.2, 0.25) is 0 Å². The maximum atomic E-state index is 10.9. The van der Waals surface area contributed by atoms with Crippen LogP contribution in [-0.4, -0.2) is 47.7 Å². The molecule has 1 aromatic heterocycles. The molecule has 26 heavy (non-hydrogen) atoms. The zero-order chi connectivity index (χ0) is 17.9. The van der Waals surface area contributed by atoms with Crippen molar-refractivity contribution in [1.29, 1.82) is 0 Å². The first-order valence-corrected chi connectivity index (χ1v) is 9.36. The SMILES string of the molecule is CCN1CCN(c2nc(C(O)c3ccccc3)cc3ccccc23)CC1. The maximum Gasteiger partial charge on any atom is 0.136 e. The monoisotopic (exact) mass is 347 g/mol. The second-order valence-electron chi connectivity index (χ2n) is 6.83. The molecule has 0 spiro atoms. The number of pyridine rings is 1. The van der Waals surface area contributed by atoms with Gasteiger partial charge in [0, 0.05) is 31.6 Å². The van der Waals surface area contributed by atoms with Gasteiger partial charge in [-0.15, -0.1) is 0 Å². The van der Waals surface area contributed by atoms with Gasteiger partial charge in [-0.3, -0.25) is 0 Å². The van der Waals surface area contributed by atoms with E-state index < -0.39 is 6.10 Å². The van der Waals surface area contributed by atoms with E-state index in [-0.39, 0.29) is 0 Å². The van der Waals surface area contributed by atoms with E-state index in [9.17, 15) is 5.11 Å². The third-order valence-electron chi connectivity index (χ3n) is 5.25. The fourth-order valence-corrected chi connectivity index (χ4v) is 3.66. The van der Waals surface area contributed by atoms with Crippen LogP contribution in [0.15, 0.2) is 60.7 Å². The van der Waals surface area contributed by atoms with E-state index in [2.05, 4.69) is 34.9 Å². The Hall–Kier alpha value is -2.43. The quantitative estimate of drug-likeness (QED) is 0.785. The van der Waals surface area contributed by atoms with E-state index in [1.54, 1.807) is 0 Å². The highest BCUT2D eigenvalue weighted by Crippen LogP contribution is 2.30. The summed E-state index contributed by atoms with van der Waals surface area (Å²) in [5.41, 5.74) is 1.58. The summed E-state index contributed by atoms with van der Waals surface area (Å²) in [6, 6.07) is 20.1. The molecule has 2 aromatic carbocycles. The van der Waals surface area contributed by atoms with Gasteiger partial charge in [-0.1, -0.05) is 61.5 Å². The lowest BCUT2D eigenvalue weighted by Gasteiger charge is -2.35. The van der Waals surface area contributed by atoms with Crippen molar-refractivity contribution in [3.05, 3.63) is 71.9 Å². The summed E-state index contributed by atoms with van der Waals surface area (Å²) in [4.78, 5) is 9.73. The summed E-state index contributed by atoms with van der Waals surface area (Å²) < 4.78 is 0. The molecule has 4 heteroatoms. The number of hydrogen-bond acceptors (Lipinski definition) is 4. The van der Waals surface area contributed by atoms with Crippen molar-refractivity contribution >= 4 is 16.6 Å². The van der Waals surface area contributed by atoms with Crippen molar-refractivity contribution in [3.8, 4) is 0 Å². The maximum absolute atomic E-state index is 10.9. The molecule has 4 rings (SSSR count). The Bertz CT molecular complexity index is 873. The van der Waals surface area contributed by atoms with E-state index in [1.165, 1.54) is 0 Å². The van der Waals surface area contributed by atoms with Crippen LogP contribution < -0.4 is 4.90 Å². The number of likely N-dealkylation sites (N-methyl/N-ethyl adjacent to an activating group) is 1. The number of nitrogens with zero attached hydrogens (tertiary/aromatic N) is 3. The molecular weight excluding hydrogens is 322 g/mol. The zero-order valence-corrected chi connectivity index (χ0v) is 15.2. The lowest BCUT2D eigenvalue weighted by atomic mass is 10.0. The van der Waals surface area contributed by atoms with Gasteiger partial charge in [0.05, 0.1) is 5.69 Å². The molecule has 1 atom stereocenters. The molecule has 2 heterocycles. The number of hydrogen-bond donors (Lipinski definition) is 1. The van der Waals surface area contributed by atoms with E-state index >= 15 is 0 Å². The summed E-state index contributed by atoms with van der Waals surface area (Å²) in [5.74, 6) is 0.990. The van der Waals surface area contributed by atoms with E-state index in [4.69, 9.17) is 4.98 Å². The number of fused-ring (bicyclic) bond motifs is 1. The Morgan fingerprint density at radius 1 is 0.962 bits per heavy atom. The van der Waals surface area contributed by atoms with Crippen LogP contribution in [-0.2, 0) is 0 Å². The summed E-state index contributed by atoms with van der Waals surface area (Å²) in [6.07, 6.45) is -0.712. The van der Waals surface area contributed by atoms with Crippen molar-refractivity contribution in [3.63, 3.8) is 0 Å². The van der Waals surface area contributed by atoms with Crippen LogP contribution in [0, 0.1) is 0 Å². The molecule has 1 saturated heterocycles. The van der Waals surface area contributed by atoms with Crippen LogP contribution in [0.3, 0.4) is 0 Å². The van der Waals surface area contributed by atoms with E-state index in [0.717, 1.165) is 54.9 Å². The Labute approximate surface area is 154 Å². The molecule has 0 radical (unpaired) electrons. The molecule has 0 bridgehead atoms. The molecular formula is C22H25N3O. The highest BCUT2D eigenvalue weighted by atomic mass is 16.3. The first-order valence-electron chi connectivity index (χ1n) is 9.36. The topological polar surface area (TPSA) is 39.6 Å². The second-order valence-corrected chi connectivity index (χ2v) is 6.83. The van der Waals surface area contributed by atoms with Gasteiger partial charge in [-0.05, 0) is 23.6 Å². The fourth-order valence-electron chi connectivity index (χ4n) is 3.66. The van der Waals surface area contributed by atoms with Gasteiger partial charge < -0.3 is 14.9 Å². The molecule has 1 fully saturated rings. The van der Waals surface area contributed by atoms with Gasteiger partial charge >= 0.3 is 0 Å². The lowest BCUT2D eigenvalue weighted by Crippen LogP contribution is -2.46. The van der Waals surface area contributed by atoms with Gasteiger partial charge in [0.15, 0.2) is 0 Å². The summed E-state index contributed by atoms with van der Waals surface area (Å²) in [7, 11) is 0. The average molecular weight is 347 g/mol. The van der Waals surface area contributed by atoms with Crippen LogP contribution in [0.25, 0.3) is 10.8 Å². The summed E-state index contributed by atoms with van der Waals surface area (Å²) >= 11 is 0. The third kappa shape index (κ3) is 3.30. The normalized spacial score (nSPS) is 16.8. The molecule has 4 nitrogen and oxygen atoms in total. The predicted molar refractivity (Wildman–Crippen MR) is 107 cm³/mol. The van der Waals surface area contributed by atoms with Crippen molar-refractivity contribution in [2.24, 2.45) is 0 Å². The fraction of sp³-hybridized carbons (Fsp3) is 0.318. The summed E-state index contributed by atoms with van der Waals surface area (Å²) in [5, 5.41) is 13.1. The van der Waals surface area contributed by atoms with Gasteiger partial charge in [0.2, 0.25) is 0 Å². The Kier molecular flexibility index (Phi) is 4.87. The van der Waals surface area contributed by atoms with Crippen molar-refractivity contribution in [1.82, 2.24) is 9.88 Å². The molecule has 1 aliphatic heterocycles. The smallest absolute Gasteiger partial charge is 0.136 e. The molecule has 1 aliphatic rings. The molecule has 134 valence electrons. The second kappa shape index (κ2) is 7.44. The highest BCUT2D eigenvalue weighted by Gasteiger charge is 2.21. The van der Waals surface area contributed by atoms with Crippen LogP contribution in [0.5, 0.6) is 0 Å². The first-order chi connectivity index (χ1) is 12.8. The average Bonchev–Trinajstić information content (AvgIpc) is 2.73. The van der Waals surface area contributed by atoms with Gasteiger partial charge in [-0.2, -0.15) is 0 Å². The van der Waals surface area contributed by atoms with Gasteiger partial charge in [0.25, 0.3) is 0 Å². The number of aliphatic hydroxyl groups is 1. The predicted octanol–water partition coefficient (Wildman–Crippen LogP) is 3.46. The van der Waals surface area contributed by atoms with Crippen LogP contribution in [0.1, 0.15) is 24.3 Å². The molecule has 0 amide bonds. The standard InChI is InChI=1S/C22H25N3O/c1-2-24-12-14-25(15-13-24)22-19-11-7-6-10-18(19)16-20(23-22)21(26)17-8-4-3-5-9-17/h3-11,16,21,26H,2,12-15H2,1H3. The Balaban J connectivity index is 1.74. The molecule has 0 aliphatic carbocycles. The largest absolute Gasteiger partial charge is 0.382 e. The van der Waals surface area contributed by atoms with Gasteiger partial charge in [0.1, 0.15) is 11.9 Å². The van der Waals surface area contributed by atoms with Crippen LogP contribution >= 0.6 is 0 Å². The minimum Gasteiger partial charge on any atom is -0.382 e.